The highest BCUT2D eigenvalue weighted by molar-refractivity contribution is 5.69. The summed E-state index contributed by atoms with van der Waals surface area (Å²) in [7, 11) is 0. The van der Waals surface area contributed by atoms with E-state index in [1.165, 1.54) is 0 Å². The Kier molecular flexibility index (Phi) is 6.80. The third-order valence-electron chi connectivity index (χ3n) is 2.74. The number of aliphatic carboxylic acids is 2. The molecule has 1 aromatic rings. The molecule has 0 spiro atoms. The molecule has 0 fully saturated rings. The van der Waals surface area contributed by atoms with Gasteiger partial charge >= 0.3 is 11.9 Å². The highest BCUT2D eigenvalue weighted by Crippen LogP contribution is 2.21. The fourth-order valence-corrected chi connectivity index (χ4v) is 1.76. The number of hydrogen-bond acceptors (Lipinski definition) is 4. The van der Waals surface area contributed by atoms with Crippen molar-refractivity contribution in [3.8, 4) is 5.75 Å². The molecule has 0 bridgehead atoms. The van der Waals surface area contributed by atoms with Gasteiger partial charge in [0.15, 0.2) is 0 Å². The summed E-state index contributed by atoms with van der Waals surface area (Å²) in [5, 5.41) is 17.6. The molecule has 6 nitrogen and oxygen atoms in total. The number of ether oxygens (including phenoxy) is 1. The first kappa shape index (κ1) is 16.6. The van der Waals surface area contributed by atoms with Crippen LogP contribution in [0.5, 0.6) is 5.75 Å². The van der Waals surface area contributed by atoms with Crippen LogP contribution in [0.15, 0.2) is 36.9 Å². The highest BCUT2D eigenvalue weighted by atomic mass is 16.5. The van der Waals surface area contributed by atoms with Crippen molar-refractivity contribution in [2.24, 2.45) is 0 Å². The van der Waals surface area contributed by atoms with Crippen molar-refractivity contribution in [3.63, 3.8) is 0 Å². The molecule has 0 aliphatic heterocycles. The third-order valence-corrected chi connectivity index (χ3v) is 2.74. The van der Waals surface area contributed by atoms with E-state index in [1.807, 2.05) is 0 Å². The van der Waals surface area contributed by atoms with E-state index >= 15 is 0 Å². The lowest BCUT2D eigenvalue weighted by Crippen LogP contribution is -2.28. The molecular weight excluding hydrogens is 274 g/mol. The molecule has 0 saturated heterocycles. The molecule has 1 rings (SSSR count). The molecular formula is C15H19NO5. The molecule has 0 atom stereocenters. The van der Waals surface area contributed by atoms with Gasteiger partial charge in [0.05, 0.1) is 12.8 Å². The average molecular weight is 293 g/mol. The summed E-state index contributed by atoms with van der Waals surface area (Å²) in [5.74, 6) is -1.22. The molecule has 21 heavy (non-hydrogen) atoms. The van der Waals surface area contributed by atoms with E-state index < -0.39 is 11.9 Å². The monoisotopic (exact) mass is 293 g/mol. The maximum Gasteiger partial charge on any atom is 0.305 e. The van der Waals surface area contributed by atoms with Gasteiger partial charge in [-0.15, -0.1) is 0 Å². The number of carboxylic acids is 2. The normalized spacial score (nSPS) is 9.90. The predicted molar refractivity (Wildman–Crippen MR) is 78.9 cm³/mol. The Bertz CT molecular complexity index is 483. The molecule has 0 saturated carbocycles. The second kappa shape index (κ2) is 8.63. The van der Waals surface area contributed by atoms with Gasteiger partial charge in [0, 0.05) is 24.8 Å². The number of anilines is 1. The Morgan fingerprint density at radius 1 is 1.19 bits per heavy atom. The zero-order chi connectivity index (χ0) is 15.7. The quantitative estimate of drug-likeness (QED) is 0.642. The van der Waals surface area contributed by atoms with Gasteiger partial charge in [-0.3, -0.25) is 9.59 Å². The van der Waals surface area contributed by atoms with Crippen LogP contribution < -0.4 is 9.64 Å². The first-order chi connectivity index (χ1) is 10.0. The lowest BCUT2D eigenvalue weighted by atomic mass is 10.2. The van der Waals surface area contributed by atoms with Crippen LogP contribution in [-0.4, -0.2) is 41.8 Å². The van der Waals surface area contributed by atoms with Gasteiger partial charge in [-0.1, -0.05) is 18.7 Å². The first-order valence-corrected chi connectivity index (χ1v) is 6.55. The molecule has 0 aliphatic rings. The van der Waals surface area contributed by atoms with Crippen LogP contribution in [0, 0.1) is 0 Å². The number of rotatable bonds is 10. The maximum atomic E-state index is 10.7. The van der Waals surface area contributed by atoms with Crippen LogP contribution in [0.4, 0.5) is 5.69 Å². The summed E-state index contributed by atoms with van der Waals surface area (Å²) in [4.78, 5) is 23.1. The summed E-state index contributed by atoms with van der Waals surface area (Å²) in [6, 6.07) is 7.11. The SMILES string of the molecule is C=CCOc1cccc(N(CCC(=O)O)CCC(=O)O)c1. The largest absolute Gasteiger partial charge is 0.489 e. The molecule has 2 N–H and O–H groups in total. The van der Waals surface area contributed by atoms with Crippen molar-refractivity contribution >= 4 is 17.6 Å². The van der Waals surface area contributed by atoms with E-state index in [0.29, 0.717) is 12.4 Å². The van der Waals surface area contributed by atoms with Gasteiger partial charge in [0.25, 0.3) is 0 Å². The van der Waals surface area contributed by atoms with Crippen molar-refractivity contribution in [1.29, 1.82) is 0 Å². The lowest BCUT2D eigenvalue weighted by Gasteiger charge is -2.24. The van der Waals surface area contributed by atoms with E-state index in [9.17, 15) is 9.59 Å². The average Bonchev–Trinajstić information content (AvgIpc) is 2.45. The van der Waals surface area contributed by atoms with Crippen LogP contribution in [-0.2, 0) is 9.59 Å². The van der Waals surface area contributed by atoms with Crippen molar-refractivity contribution in [1.82, 2.24) is 0 Å². The molecule has 0 aliphatic carbocycles. The third kappa shape index (κ3) is 6.47. The lowest BCUT2D eigenvalue weighted by molar-refractivity contribution is -0.137. The molecule has 0 amide bonds. The Labute approximate surface area is 123 Å². The Morgan fingerprint density at radius 2 is 1.81 bits per heavy atom. The number of carboxylic acid groups (broad SMARTS) is 2. The molecule has 0 heterocycles. The van der Waals surface area contributed by atoms with Crippen molar-refractivity contribution in [3.05, 3.63) is 36.9 Å². The summed E-state index contributed by atoms with van der Waals surface area (Å²) >= 11 is 0. The van der Waals surface area contributed by atoms with Gasteiger partial charge in [0.1, 0.15) is 12.4 Å². The molecule has 0 unspecified atom stereocenters. The number of hydrogen-bond donors (Lipinski definition) is 2. The summed E-state index contributed by atoms with van der Waals surface area (Å²) in [6.45, 7) is 4.42. The molecule has 6 heteroatoms. The van der Waals surface area contributed by atoms with Crippen LogP contribution in [0.3, 0.4) is 0 Å². The molecule has 114 valence electrons. The van der Waals surface area contributed by atoms with Crippen LogP contribution in [0.25, 0.3) is 0 Å². The standard InChI is InChI=1S/C15H19NO5/c1-2-10-21-13-5-3-4-12(11-13)16(8-6-14(17)18)9-7-15(19)20/h2-5,11H,1,6-10H2,(H,17,18)(H,19,20). The number of benzene rings is 1. The van der Waals surface area contributed by atoms with Gasteiger partial charge in [-0.25, -0.2) is 0 Å². The van der Waals surface area contributed by atoms with E-state index in [0.717, 1.165) is 5.69 Å². The number of carbonyl (C=O) groups is 2. The minimum Gasteiger partial charge on any atom is -0.489 e. The van der Waals surface area contributed by atoms with E-state index in [2.05, 4.69) is 6.58 Å². The minimum absolute atomic E-state index is 0.0582. The Hall–Kier alpha value is -2.50. The Balaban J connectivity index is 2.81. The first-order valence-electron chi connectivity index (χ1n) is 6.55. The number of nitrogens with zero attached hydrogens (tertiary/aromatic N) is 1. The zero-order valence-corrected chi connectivity index (χ0v) is 11.7. The van der Waals surface area contributed by atoms with Crippen molar-refractivity contribution in [2.45, 2.75) is 12.8 Å². The second-order valence-corrected chi connectivity index (χ2v) is 4.37. The summed E-state index contributed by atoms with van der Waals surface area (Å²) in [5.41, 5.74) is 0.735. The van der Waals surface area contributed by atoms with Gasteiger partial charge in [-0.2, -0.15) is 0 Å². The fraction of sp³-hybridized carbons (Fsp3) is 0.333. The fourth-order valence-electron chi connectivity index (χ4n) is 1.76. The van der Waals surface area contributed by atoms with E-state index in [1.54, 1.807) is 35.2 Å². The van der Waals surface area contributed by atoms with Crippen LogP contribution in [0.1, 0.15) is 12.8 Å². The maximum absolute atomic E-state index is 10.7. The second-order valence-electron chi connectivity index (χ2n) is 4.37. The smallest absolute Gasteiger partial charge is 0.305 e. The van der Waals surface area contributed by atoms with Gasteiger partial charge in [0.2, 0.25) is 0 Å². The van der Waals surface area contributed by atoms with Crippen molar-refractivity contribution < 1.29 is 24.5 Å². The van der Waals surface area contributed by atoms with E-state index in [4.69, 9.17) is 14.9 Å². The van der Waals surface area contributed by atoms with E-state index in [-0.39, 0.29) is 25.9 Å². The molecule has 1 aromatic carbocycles. The summed E-state index contributed by atoms with van der Waals surface area (Å²) < 4.78 is 5.42. The Morgan fingerprint density at radius 3 is 2.33 bits per heavy atom. The topological polar surface area (TPSA) is 87.1 Å². The van der Waals surface area contributed by atoms with Crippen LogP contribution >= 0.6 is 0 Å². The molecule has 0 aromatic heterocycles. The van der Waals surface area contributed by atoms with Gasteiger partial charge in [-0.05, 0) is 12.1 Å². The minimum atomic E-state index is -0.922. The van der Waals surface area contributed by atoms with Crippen LogP contribution in [0.2, 0.25) is 0 Å². The summed E-state index contributed by atoms with van der Waals surface area (Å²) in [6.07, 6.45) is 1.51. The highest BCUT2D eigenvalue weighted by Gasteiger charge is 2.11. The van der Waals surface area contributed by atoms with Crippen molar-refractivity contribution in [2.75, 3.05) is 24.6 Å². The predicted octanol–water partition coefficient (Wildman–Crippen LogP) is 2.01. The molecule has 0 radical (unpaired) electrons. The zero-order valence-electron chi connectivity index (χ0n) is 11.7. The van der Waals surface area contributed by atoms with Gasteiger partial charge < -0.3 is 19.8 Å².